The van der Waals surface area contributed by atoms with Gasteiger partial charge in [0.15, 0.2) is 16.7 Å². The van der Waals surface area contributed by atoms with Crippen molar-refractivity contribution in [3.05, 3.63) is 52.9 Å². The van der Waals surface area contributed by atoms with Crippen molar-refractivity contribution >= 4 is 34.6 Å². The minimum atomic E-state index is -0.184. The van der Waals surface area contributed by atoms with Crippen LogP contribution in [0, 0.1) is 0 Å². The van der Waals surface area contributed by atoms with Crippen LogP contribution in [0.3, 0.4) is 0 Å². The highest BCUT2D eigenvalue weighted by molar-refractivity contribution is 8.18. The summed E-state index contributed by atoms with van der Waals surface area (Å²) in [5, 5.41) is 3.29. The number of hydrogen-bond acceptors (Lipinski definition) is 6. The molecule has 6 nitrogen and oxygen atoms in total. The number of methoxy groups -OCH3 is 1. The molecule has 0 atom stereocenters. The Balaban J connectivity index is 1.59. The zero-order valence-electron chi connectivity index (χ0n) is 13.3. The second kappa shape index (κ2) is 6.52. The maximum atomic E-state index is 12.2. The quantitative estimate of drug-likeness (QED) is 0.857. The largest absolute Gasteiger partial charge is 0.494 e. The Morgan fingerprint density at radius 2 is 2.04 bits per heavy atom. The summed E-state index contributed by atoms with van der Waals surface area (Å²) >= 11 is 1.28. The number of aliphatic imine (C=N–C) groups is 1. The first-order valence-corrected chi connectivity index (χ1v) is 8.37. The Bertz CT molecular complexity index is 908. The molecule has 2 aliphatic heterocycles. The number of para-hydroxylation sites is 2. The molecule has 1 fully saturated rings. The van der Waals surface area contributed by atoms with E-state index in [-0.39, 0.29) is 12.7 Å². The van der Waals surface area contributed by atoms with Gasteiger partial charge in [0.25, 0.3) is 5.91 Å². The molecule has 126 valence electrons. The van der Waals surface area contributed by atoms with Crippen molar-refractivity contribution in [2.45, 2.75) is 0 Å². The third-order valence-electron chi connectivity index (χ3n) is 3.65. The zero-order valence-corrected chi connectivity index (χ0v) is 14.1. The van der Waals surface area contributed by atoms with E-state index in [1.54, 1.807) is 13.2 Å². The van der Waals surface area contributed by atoms with Gasteiger partial charge in [0.1, 0.15) is 11.4 Å². The Labute approximate surface area is 148 Å². The van der Waals surface area contributed by atoms with E-state index in [1.807, 2.05) is 42.5 Å². The maximum Gasteiger partial charge on any atom is 0.264 e. The minimum Gasteiger partial charge on any atom is -0.494 e. The predicted octanol–water partition coefficient (Wildman–Crippen LogP) is 3.32. The Morgan fingerprint density at radius 1 is 1.20 bits per heavy atom. The van der Waals surface area contributed by atoms with Crippen LogP contribution in [0.4, 0.5) is 5.69 Å². The van der Waals surface area contributed by atoms with Gasteiger partial charge in [0.05, 0.1) is 12.0 Å². The number of carbonyl (C=O) groups excluding carboxylic acids is 1. The van der Waals surface area contributed by atoms with Crippen LogP contribution in [-0.2, 0) is 4.79 Å². The van der Waals surface area contributed by atoms with Crippen molar-refractivity contribution in [1.82, 2.24) is 5.32 Å². The van der Waals surface area contributed by atoms with Gasteiger partial charge in [-0.15, -0.1) is 0 Å². The molecular formula is C18H14N2O4S. The fourth-order valence-corrected chi connectivity index (χ4v) is 3.30. The molecule has 2 aromatic carbocycles. The summed E-state index contributed by atoms with van der Waals surface area (Å²) in [5.41, 5.74) is 1.53. The first-order valence-electron chi connectivity index (χ1n) is 7.55. The number of fused-ring (bicyclic) bond motifs is 1. The number of amides is 1. The number of amidine groups is 1. The first-order chi connectivity index (χ1) is 12.2. The summed E-state index contributed by atoms with van der Waals surface area (Å²) in [6.07, 6.45) is 1.80. The first kappa shape index (κ1) is 15.6. The van der Waals surface area contributed by atoms with Crippen LogP contribution in [-0.4, -0.2) is 25.0 Å². The van der Waals surface area contributed by atoms with Crippen molar-refractivity contribution in [3.63, 3.8) is 0 Å². The fourth-order valence-electron chi connectivity index (χ4n) is 2.47. The van der Waals surface area contributed by atoms with E-state index in [0.717, 1.165) is 5.56 Å². The molecule has 2 aliphatic rings. The molecule has 1 saturated heterocycles. The van der Waals surface area contributed by atoms with Crippen LogP contribution >= 0.6 is 11.8 Å². The number of hydrogen-bond donors (Lipinski definition) is 1. The highest BCUT2D eigenvalue weighted by Crippen LogP contribution is 2.35. The average molecular weight is 354 g/mol. The topological polar surface area (TPSA) is 69.2 Å². The van der Waals surface area contributed by atoms with Gasteiger partial charge in [-0.3, -0.25) is 4.79 Å². The third kappa shape index (κ3) is 3.18. The molecular weight excluding hydrogens is 340 g/mol. The lowest BCUT2D eigenvalue weighted by molar-refractivity contribution is -0.115. The fraction of sp³-hybridized carbons (Fsp3) is 0.111. The maximum absolute atomic E-state index is 12.2. The normalized spacial score (nSPS) is 18.7. The molecule has 2 aromatic rings. The predicted molar refractivity (Wildman–Crippen MR) is 96.4 cm³/mol. The number of carbonyl (C=O) groups is 1. The van der Waals surface area contributed by atoms with Gasteiger partial charge in [-0.1, -0.05) is 18.2 Å². The van der Waals surface area contributed by atoms with Crippen molar-refractivity contribution < 1.29 is 19.0 Å². The van der Waals surface area contributed by atoms with Crippen LogP contribution in [0.25, 0.3) is 6.08 Å². The Kier molecular flexibility index (Phi) is 4.07. The van der Waals surface area contributed by atoms with Gasteiger partial charge >= 0.3 is 0 Å². The molecule has 0 saturated carbocycles. The lowest BCUT2D eigenvalue weighted by atomic mass is 10.2. The van der Waals surface area contributed by atoms with Gasteiger partial charge in [-0.25, -0.2) is 4.99 Å². The van der Waals surface area contributed by atoms with Gasteiger partial charge in [0.2, 0.25) is 6.79 Å². The summed E-state index contributed by atoms with van der Waals surface area (Å²) in [7, 11) is 1.59. The molecule has 0 unspecified atom stereocenters. The molecule has 25 heavy (non-hydrogen) atoms. The molecule has 0 bridgehead atoms. The summed E-state index contributed by atoms with van der Waals surface area (Å²) in [4.78, 5) is 17.2. The number of benzene rings is 2. The van der Waals surface area contributed by atoms with E-state index in [4.69, 9.17) is 14.2 Å². The van der Waals surface area contributed by atoms with Crippen LogP contribution in [0.15, 0.2) is 52.4 Å². The van der Waals surface area contributed by atoms with Crippen LogP contribution in [0.1, 0.15) is 5.56 Å². The van der Waals surface area contributed by atoms with Gasteiger partial charge in [-0.2, -0.15) is 0 Å². The Morgan fingerprint density at radius 3 is 2.92 bits per heavy atom. The van der Waals surface area contributed by atoms with E-state index >= 15 is 0 Å². The summed E-state index contributed by atoms with van der Waals surface area (Å²) < 4.78 is 15.9. The van der Waals surface area contributed by atoms with Gasteiger partial charge < -0.3 is 19.5 Å². The highest BCUT2D eigenvalue weighted by atomic mass is 32.2. The Hall–Kier alpha value is -2.93. The summed E-state index contributed by atoms with van der Waals surface area (Å²) in [6, 6.07) is 12.9. The highest BCUT2D eigenvalue weighted by Gasteiger charge is 2.24. The van der Waals surface area contributed by atoms with Crippen LogP contribution < -0.4 is 19.5 Å². The zero-order chi connectivity index (χ0) is 17.2. The van der Waals surface area contributed by atoms with E-state index in [1.165, 1.54) is 11.8 Å². The van der Waals surface area contributed by atoms with E-state index in [0.29, 0.717) is 33.0 Å². The van der Waals surface area contributed by atoms with Crippen LogP contribution in [0.5, 0.6) is 17.2 Å². The molecule has 1 N–H and O–H groups in total. The van der Waals surface area contributed by atoms with Gasteiger partial charge in [0, 0.05) is 0 Å². The lowest BCUT2D eigenvalue weighted by Gasteiger charge is -2.03. The monoisotopic (exact) mass is 354 g/mol. The molecule has 1 amide bonds. The smallest absolute Gasteiger partial charge is 0.264 e. The molecule has 0 radical (unpaired) electrons. The summed E-state index contributed by atoms with van der Waals surface area (Å²) in [5.74, 6) is 1.86. The third-order valence-corrected chi connectivity index (χ3v) is 4.56. The van der Waals surface area contributed by atoms with Gasteiger partial charge in [-0.05, 0) is 47.7 Å². The second-order valence-electron chi connectivity index (χ2n) is 5.27. The average Bonchev–Trinajstić information content (AvgIpc) is 3.22. The lowest BCUT2D eigenvalue weighted by Crippen LogP contribution is -2.19. The summed E-state index contributed by atoms with van der Waals surface area (Å²) in [6.45, 7) is 0.223. The molecule has 7 heteroatoms. The van der Waals surface area contributed by atoms with E-state index in [2.05, 4.69) is 10.3 Å². The van der Waals surface area contributed by atoms with E-state index in [9.17, 15) is 4.79 Å². The van der Waals surface area contributed by atoms with Crippen LogP contribution in [0.2, 0.25) is 0 Å². The molecule has 4 rings (SSSR count). The second-order valence-corrected chi connectivity index (χ2v) is 6.30. The number of rotatable bonds is 3. The van der Waals surface area contributed by atoms with Crippen molar-refractivity contribution in [2.24, 2.45) is 4.99 Å². The number of nitrogens with zero attached hydrogens (tertiary/aromatic N) is 1. The standard InChI is InChI=1S/C18H14N2O4S/c1-22-13-5-3-2-4-12(13)19-18-20-17(21)16(25-18)9-11-6-7-14-15(8-11)24-10-23-14/h2-9H,10H2,1H3,(H,19,20,21)/b16-9+. The van der Waals surface area contributed by atoms with E-state index < -0.39 is 0 Å². The SMILES string of the molecule is COc1ccccc1N=C1NC(=O)/C(=C\c2ccc3c(c2)OCO3)S1. The molecule has 2 heterocycles. The van der Waals surface area contributed by atoms with Crippen molar-refractivity contribution in [3.8, 4) is 17.2 Å². The molecule has 0 aromatic heterocycles. The molecule has 0 aliphatic carbocycles. The molecule has 0 spiro atoms. The number of thioether (sulfide) groups is 1. The van der Waals surface area contributed by atoms with Crippen molar-refractivity contribution in [2.75, 3.05) is 13.9 Å². The number of nitrogens with one attached hydrogen (secondary N) is 1. The van der Waals surface area contributed by atoms with Crippen molar-refractivity contribution in [1.29, 1.82) is 0 Å². The number of ether oxygens (including phenoxy) is 3. The minimum absolute atomic E-state index is 0.184.